The molecule has 0 bridgehead atoms. The molecule has 0 spiro atoms. The molecule has 2 fully saturated rings. The van der Waals surface area contributed by atoms with E-state index in [-0.39, 0.29) is 6.10 Å². The molecular weight excluding hydrogens is 204 g/mol. The van der Waals surface area contributed by atoms with Crippen LogP contribution in [0.15, 0.2) is 0 Å². The fourth-order valence-corrected chi connectivity index (χ4v) is 2.89. The Morgan fingerprint density at radius 2 is 2.19 bits per heavy atom. The minimum absolute atomic E-state index is 0.343. The van der Waals surface area contributed by atoms with Crippen molar-refractivity contribution < 1.29 is 9.84 Å². The van der Waals surface area contributed by atoms with E-state index in [1.165, 1.54) is 25.7 Å². The third-order valence-electron chi connectivity index (χ3n) is 3.87. The molecule has 3 unspecified atom stereocenters. The highest BCUT2D eigenvalue weighted by Gasteiger charge is 2.33. The number of nitrogens with zero attached hydrogens (tertiary/aromatic N) is 1. The lowest BCUT2D eigenvalue weighted by Gasteiger charge is -2.44. The van der Waals surface area contributed by atoms with Gasteiger partial charge in [0.2, 0.25) is 0 Å². The molecule has 1 saturated carbocycles. The van der Waals surface area contributed by atoms with E-state index < -0.39 is 0 Å². The van der Waals surface area contributed by atoms with Crippen molar-refractivity contribution in [1.82, 2.24) is 4.90 Å². The van der Waals surface area contributed by atoms with Gasteiger partial charge in [0.05, 0.1) is 18.8 Å². The van der Waals surface area contributed by atoms with Gasteiger partial charge in [-0.2, -0.15) is 0 Å². The van der Waals surface area contributed by atoms with Crippen LogP contribution in [0.1, 0.15) is 32.1 Å². The number of ether oxygens (including phenoxy) is 1. The largest absolute Gasteiger partial charge is 0.392 e. The summed E-state index contributed by atoms with van der Waals surface area (Å²) in [5, 5.41) is 9.50. The summed E-state index contributed by atoms with van der Waals surface area (Å²) in [5.74, 6) is 0. The Labute approximate surface area is 97.7 Å². The van der Waals surface area contributed by atoms with Crippen LogP contribution in [0.4, 0.5) is 0 Å². The molecule has 0 aromatic heterocycles. The molecule has 1 heterocycles. The lowest BCUT2D eigenvalue weighted by molar-refractivity contribution is -0.0902. The molecule has 16 heavy (non-hydrogen) atoms. The van der Waals surface area contributed by atoms with E-state index >= 15 is 0 Å². The quantitative estimate of drug-likeness (QED) is 0.728. The van der Waals surface area contributed by atoms with Crippen molar-refractivity contribution in [2.75, 3.05) is 26.2 Å². The fourth-order valence-electron chi connectivity index (χ4n) is 2.89. The summed E-state index contributed by atoms with van der Waals surface area (Å²) in [6, 6.07) is 0.590. The molecule has 3 N–H and O–H groups in total. The number of rotatable bonds is 4. The van der Waals surface area contributed by atoms with Crippen molar-refractivity contribution in [3.63, 3.8) is 0 Å². The highest BCUT2D eigenvalue weighted by atomic mass is 16.5. The average Bonchev–Trinajstić information content (AvgIpc) is 2.35. The van der Waals surface area contributed by atoms with Crippen molar-refractivity contribution >= 4 is 0 Å². The topological polar surface area (TPSA) is 58.7 Å². The molecule has 1 aliphatic heterocycles. The van der Waals surface area contributed by atoms with E-state index in [1.54, 1.807) is 0 Å². The van der Waals surface area contributed by atoms with E-state index in [1.807, 2.05) is 0 Å². The first kappa shape index (κ1) is 12.3. The van der Waals surface area contributed by atoms with E-state index in [4.69, 9.17) is 10.5 Å². The van der Waals surface area contributed by atoms with Gasteiger partial charge in [0.25, 0.3) is 0 Å². The number of fused-ring (bicyclic) bond motifs is 1. The van der Waals surface area contributed by atoms with Crippen LogP contribution in [-0.4, -0.2) is 54.5 Å². The molecule has 2 rings (SSSR count). The van der Waals surface area contributed by atoms with Crippen molar-refractivity contribution in [2.45, 2.75) is 50.4 Å². The predicted molar refractivity (Wildman–Crippen MR) is 63.2 cm³/mol. The van der Waals surface area contributed by atoms with Crippen LogP contribution in [0, 0.1) is 0 Å². The monoisotopic (exact) mass is 228 g/mol. The van der Waals surface area contributed by atoms with Gasteiger partial charge in [-0.25, -0.2) is 0 Å². The van der Waals surface area contributed by atoms with E-state index in [0.717, 1.165) is 26.1 Å². The van der Waals surface area contributed by atoms with Crippen molar-refractivity contribution in [3.8, 4) is 0 Å². The van der Waals surface area contributed by atoms with E-state index in [2.05, 4.69) is 4.90 Å². The van der Waals surface area contributed by atoms with Gasteiger partial charge in [-0.1, -0.05) is 12.8 Å². The molecule has 94 valence electrons. The second-order valence-electron chi connectivity index (χ2n) is 4.98. The molecule has 0 amide bonds. The maximum Gasteiger partial charge on any atom is 0.0730 e. The zero-order valence-corrected chi connectivity index (χ0v) is 9.98. The van der Waals surface area contributed by atoms with Crippen LogP contribution in [0.25, 0.3) is 0 Å². The van der Waals surface area contributed by atoms with Gasteiger partial charge in [-0.3, -0.25) is 4.90 Å². The number of aliphatic hydroxyl groups excluding tert-OH is 1. The van der Waals surface area contributed by atoms with Crippen LogP contribution in [0.5, 0.6) is 0 Å². The Morgan fingerprint density at radius 1 is 1.38 bits per heavy atom. The van der Waals surface area contributed by atoms with Crippen LogP contribution in [0.2, 0.25) is 0 Å². The summed E-state index contributed by atoms with van der Waals surface area (Å²) in [7, 11) is 0. The summed E-state index contributed by atoms with van der Waals surface area (Å²) >= 11 is 0. The van der Waals surface area contributed by atoms with Gasteiger partial charge in [-0.05, 0) is 19.3 Å². The third kappa shape index (κ3) is 2.94. The Balaban J connectivity index is 1.82. The highest BCUT2D eigenvalue weighted by Crippen LogP contribution is 2.28. The Hall–Kier alpha value is -0.160. The summed E-state index contributed by atoms with van der Waals surface area (Å²) in [5.41, 5.74) is 5.43. The number of aliphatic hydroxyl groups is 1. The molecule has 0 aromatic carbocycles. The third-order valence-corrected chi connectivity index (χ3v) is 3.87. The molecule has 1 saturated heterocycles. The molecule has 4 heteroatoms. The summed E-state index contributed by atoms with van der Waals surface area (Å²) in [6.07, 6.45) is 5.98. The predicted octanol–water partition coefficient (Wildman–Crippen LogP) is 0.339. The van der Waals surface area contributed by atoms with Gasteiger partial charge in [0.1, 0.15) is 0 Å². The maximum atomic E-state index is 9.50. The fraction of sp³-hybridized carbons (Fsp3) is 1.00. The van der Waals surface area contributed by atoms with Gasteiger partial charge in [0.15, 0.2) is 0 Å². The SMILES string of the molecule is NCC(O)CCN1CCOC2CCCCC21. The summed E-state index contributed by atoms with van der Waals surface area (Å²) in [6.45, 7) is 3.19. The highest BCUT2D eigenvalue weighted by molar-refractivity contribution is 4.87. The molecule has 3 atom stereocenters. The summed E-state index contributed by atoms with van der Waals surface area (Å²) < 4.78 is 5.82. The van der Waals surface area contributed by atoms with Crippen LogP contribution >= 0.6 is 0 Å². The molecule has 2 aliphatic rings. The maximum absolute atomic E-state index is 9.50. The van der Waals surface area contributed by atoms with E-state index in [0.29, 0.717) is 18.7 Å². The molecule has 4 nitrogen and oxygen atoms in total. The number of hydrogen-bond donors (Lipinski definition) is 2. The van der Waals surface area contributed by atoms with Crippen molar-refractivity contribution in [3.05, 3.63) is 0 Å². The minimum atomic E-state index is -0.343. The lowest BCUT2D eigenvalue weighted by Crippen LogP contribution is -2.53. The lowest BCUT2D eigenvalue weighted by atomic mass is 9.90. The van der Waals surface area contributed by atoms with Gasteiger partial charge < -0.3 is 15.6 Å². The standard InChI is InChI=1S/C12H24N2O2/c13-9-10(15)5-6-14-7-8-16-12-4-2-1-3-11(12)14/h10-12,15H,1-9,13H2. The molecular formula is C12H24N2O2. The normalized spacial score (nSPS) is 33.4. The smallest absolute Gasteiger partial charge is 0.0730 e. The number of nitrogens with two attached hydrogens (primary N) is 1. The van der Waals surface area contributed by atoms with Crippen LogP contribution in [0.3, 0.4) is 0 Å². The Morgan fingerprint density at radius 3 is 3.00 bits per heavy atom. The molecule has 0 aromatic rings. The Bertz CT molecular complexity index is 211. The summed E-state index contributed by atoms with van der Waals surface area (Å²) in [4.78, 5) is 2.49. The number of morpholine rings is 1. The zero-order valence-electron chi connectivity index (χ0n) is 9.98. The average molecular weight is 228 g/mol. The first-order valence-electron chi connectivity index (χ1n) is 6.55. The minimum Gasteiger partial charge on any atom is -0.392 e. The van der Waals surface area contributed by atoms with Crippen LogP contribution in [-0.2, 0) is 4.74 Å². The number of hydrogen-bond acceptors (Lipinski definition) is 4. The first-order valence-corrected chi connectivity index (χ1v) is 6.55. The Kier molecular flexibility index (Phi) is 4.58. The van der Waals surface area contributed by atoms with Crippen molar-refractivity contribution in [2.24, 2.45) is 5.73 Å². The van der Waals surface area contributed by atoms with Crippen LogP contribution < -0.4 is 5.73 Å². The second-order valence-corrected chi connectivity index (χ2v) is 4.98. The first-order chi connectivity index (χ1) is 7.81. The van der Waals surface area contributed by atoms with E-state index in [9.17, 15) is 5.11 Å². The van der Waals surface area contributed by atoms with Gasteiger partial charge >= 0.3 is 0 Å². The van der Waals surface area contributed by atoms with Gasteiger partial charge in [0, 0.05) is 25.7 Å². The molecule has 0 radical (unpaired) electrons. The van der Waals surface area contributed by atoms with Gasteiger partial charge in [-0.15, -0.1) is 0 Å². The van der Waals surface area contributed by atoms with Crippen molar-refractivity contribution in [1.29, 1.82) is 0 Å². The second kappa shape index (κ2) is 5.96. The zero-order chi connectivity index (χ0) is 11.4. The molecule has 1 aliphatic carbocycles.